The van der Waals surface area contributed by atoms with E-state index in [9.17, 15) is 4.79 Å². The standard InChI is InChI=1S/C15H16ClN3O/c1-8-5-9(2)14(13(16)6-8)19-15(20)12-7-17-11(4)18-10(12)3/h5-7H,1-4H3,(H,19,20). The molecule has 4 nitrogen and oxygen atoms in total. The molecule has 0 aliphatic rings. The van der Waals surface area contributed by atoms with Gasteiger partial charge in [-0.2, -0.15) is 0 Å². The highest BCUT2D eigenvalue weighted by atomic mass is 35.5. The topological polar surface area (TPSA) is 54.9 Å². The lowest BCUT2D eigenvalue weighted by Gasteiger charge is -2.12. The number of carbonyl (C=O) groups excluding carboxylic acids is 1. The quantitative estimate of drug-likeness (QED) is 0.919. The molecule has 20 heavy (non-hydrogen) atoms. The van der Waals surface area contributed by atoms with Crippen LogP contribution in [0.1, 0.15) is 33.0 Å². The number of nitrogens with zero attached hydrogens (tertiary/aromatic N) is 2. The summed E-state index contributed by atoms with van der Waals surface area (Å²) in [7, 11) is 0. The van der Waals surface area contributed by atoms with E-state index in [1.54, 1.807) is 13.8 Å². The number of nitrogens with one attached hydrogen (secondary N) is 1. The van der Waals surface area contributed by atoms with Gasteiger partial charge in [-0.25, -0.2) is 9.97 Å². The zero-order valence-corrected chi connectivity index (χ0v) is 12.7. The predicted molar refractivity (Wildman–Crippen MR) is 80.4 cm³/mol. The van der Waals surface area contributed by atoms with Crippen molar-refractivity contribution in [1.82, 2.24) is 9.97 Å². The Labute approximate surface area is 123 Å². The van der Waals surface area contributed by atoms with E-state index in [1.165, 1.54) is 6.20 Å². The number of hydrogen-bond acceptors (Lipinski definition) is 3. The summed E-state index contributed by atoms with van der Waals surface area (Å²) in [6, 6.07) is 3.79. The molecule has 0 aliphatic carbocycles. The van der Waals surface area contributed by atoms with Gasteiger partial charge in [0.05, 0.1) is 22.0 Å². The number of benzene rings is 1. The summed E-state index contributed by atoms with van der Waals surface area (Å²) in [5, 5.41) is 3.36. The van der Waals surface area contributed by atoms with E-state index in [1.807, 2.05) is 26.0 Å². The monoisotopic (exact) mass is 289 g/mol. The molecule has 1 aromatic carbocycles. The first-order valence-corrected chi connectivity index (χ1v) is 6.64. The molecule has 1 heterocycles. The van der Waals surface area contributed by atoms with Crippen LogP contribution in [-0.2, 0) is 0 Å². The molecule has 0 atom stereocenters. The maximum Gasteiger partial charge on any atom is 0.259 e. The Morgan fingerprint density at radius 3 is 2.50 bits per heavy atom. The summed E-state index contributed by atoms with van der Waals surface area (Å²) in [4.78, 5) is 20.5. The van der Waals surface area contributed by atoms with E-state index in [0.29, 0.717) is 27.8 Å². The summed E-state index contributed by atoms with van der Waals surface area (Å²) in [6.45, 7) is 7.44. The van der Waals surface area contributed by atoms with Crippen molar-refractivity contribution in [2.45, 2.75) is 27.7 Å². The molecule has 0 saturated carbocycles. The fourth-order valence-electron chi connectivity index (χ4n) is 2.06. The van der Waals surface area contributed by atoms with Crippen LogP contribution in [0.5, 0.6) is 0 Å². The summed E-state index contributed by atoms with van der Waals surface area (Å²) in [5.41, 5.74) is 3.71. The SMILES string of the molecule is Cc1cc(C)c(NC(=O)c2cnc(C)nc2C)c(Cl)c1. The molecule has 0 fully saturated rings. The lowest BCUT2D eigenvalue weighted by atomic mass is 10.1. The number of amides is 1. The summed E-state index contributed by atoms with van der Waals surface area (Å²) >= 11 is 6.19. The van der Waals surface area contributed by atoms with E-state index < -0.39 is 0 Å². The second-order valence-electron chi connectivity index (χ2n) is 4.81. The highest BCUT2D eigenvalue weighted by molar-refractivity contribution is 6.34. The molecular weight excluding hydrogens is 274 g/mol. The lowest BCUT2D eigenvalue weighted by molar-refractivity contribution is 0.102. The molecular formula is C15H16ClN3O. The van der Waals surface area contributed by atoms with Crippen molar-refractivity contribution in [2.75, 3.05) is 5.32 Å². The zero-order valence-electron chi connectivity index (χ0n) is 11.9. The van der Waals surface area contributed by atoms with Gasteiger partial charge < -0.3 is 5.32 Å². The van der Waals surface area contributed by atoms with Gasteiger partial charge in [0.25, 0.3) is 5.91 Å². The first kappa shape index (κ1) is 14.5. The highest BCUT2D eigenvalue weighted by Gasteiger charge is 2.14. The Bertz CT molecular complexity index is 660. The highest BCUT2D eigenvalue weighted by Crippen LogP contribution is 2.27. The molecule has 104 valence electrons. The lowest BCUT2D eigenvalue weighted by Crippen LogP contribution is -2.16. The Hall–Kier alpha value is -1.94. The second-order valence-corrected chi connectivity index (χ2v) is 5.22. The van der Waals surface area contributed by atoms with Gasteiger partial charge in [0.2, 0.25) is 0 Å². The van der Waals surface area contributed by atoms with E-state index in [0.717, 1.165) is 11.1 Å². The van der Waals surface area contributed by atoms with Crippen molar-refractivity contribution in [3.05, 3.63) is 51.6 Å². The summed E-state index contributed by atoms with van der Waals surface area (Å²) < 4.78 is 0. The largest absolute Gasteiger partial charge is 0.320 e. The maximum atomic E-state index is 12.3. The van der Waals surface area contributed by atoms with Gasteiger partial charge in [0.15, 0.2) is 0 Å². The maximum absolute atomic E-state index is 12.3. The van der Waals surface area contributed by atoms with Crippen LogP contribution in [0.2, 0.25) is 5.02 Å². The molecule has 0 bridgehead atoms. The minimum Gasteiger partial charge on any atom is -0.320 e. The smallest absolute Gasteiger partial charge is 0.259 e. The molecule has 5 heteroatoms. The van der Waals surface area contributed by atoms with E-state index in [-0.39, 0.29) is 5.91 Å². The summed E-state index contributed by atoms with van der Waals surface area (Å²) in [5.74, 6) is 0.389. The van der Waals surface area contributed by atoms with Crippen LogP contribution in [0.25, 0.3) is 0 Å². The minimum absolute atomic E-state index is 0.253. The van der Waals surface area contributed by atoms with Gasteiger partial charge in [-0.05, 0) is 44.9 Å². The first-order chi connectivity index (χ1) is 9.38. The Morgan fingerprint density at radius 2 is 1.90 bits per heavy atom. The molecule has 1 amide bonds. The van der Waals surface area contributed by atoms with Crippen LogP contribution < -0.4 is 5.32 Å². The number of aromatic nitrogens is 2. The van der Waals surface area contributed by atoms with Crippen molar-refractivity contribution in [3.63, 3.8) is 0 Å². The van der Waals surface area contributed by atoms with Gasteiger partial charge in [-0.3, -0.25) is 4.79 Å². The van der Waals surface area contributed by atoms with Crippen LogP contribution in [-0.4, -0.2) is 15.9 Å². The average Bonchev–Trinajstić information content (AvgIpc) is 2.33. The molecule has 1 aromatic heterocycles. The van der Waals surface area contributed by atoms with Crippen LogP contribution in [0.3, 0.4) is 0 Å². The van der Waals surface area contributed by atoms with Crippen LogP contribution in [0, 0.1) is 27.7 Å². The van der Waals surface area contributed by atoms with Gasteiger partial charge in [0, 0.05) is 6.20 Å². The molecule has 2 rings (SSSR count). The molecule has 0 unspecified atom stereocenters. The Kier molecular flexibility index (Phi) is 4.04. The number of halogens is 1. The zero-order chi connectivity index (χ0) is 14.9. The number of carbonyl (C=O) groups is 1. The van der Waals surface area contributed by atoms with Crippen molar-refractivity contribution in [1.29, 1.82) is 0 Å². The fourth-order valence-corrected chi connectivity index (χ4v) is 2.43. The molecule has 1 N–H and O–H groups in total. The van der Waals surface area contributed by atoms with Crippen LogP contribution >= 0.6 is 11.6 Å². The Balaban J connectivity index is 2.33. The fraction of sp³-hybridized carbons (Fsp3) is 0.267. The minimum atomic E-state index is -0.253. The van der Waals surface area contributed by atoms with E-state index in [4.69, 9.17) is 11.6 Å². The average molecular weight is 290 g/mol. The number of aryl methyl sites for hydroxylation is 4. The normalized spacial score (nSPS) is 10.4. The summed E-state index contributed by atoms with van der Waals surface area (Å²) in [6.07, 6.45) is 1.53. The van der Waals surface area contributed by atoms with Gasteiger partial charge in [0.1, 0.15) is 5.82 Å². The Morgan fingerprint density at radius 1 is 1.20 bits per heavy atom. The second kappa shape index (κ2) is 5.59. The third kappa shape index (κ3) is 2.96. The molecule has 0 saturated heterocycles. The van der Waals surface area contributed by atoms with Gasteiger partial charge in [-0.1, -0.05) is 17.7 Å². The van der Waals surface area contributed by atoms with E-state index in [2.05, 4.69) is 15.3 Å². The molecule has 2 aromatic rings. The van der Waals surface area contributed by atoms with Crippen LogP contribution in [0.15, 0.2) is 18.3 Å². The van der Waals surface area contributed by atoms with Crippen molar-refractivity contribution in [3.8, 4) is 0 Å². The molecule has 0 aliphatic heterocycles. The molecule has 0 spiro atoms. The van der Waals surface area contributed by atoms with Gasteiger partial charge in [-0.15, -0.1) is 0 Å². The third-order valence-corrected chi connectivity index (χ3v) is 3.31. The van der Waals surface area contributed by atoms with Crippen molar-refractivity contribution in [2.24, 2.45) is 0 Å². The predicted octanol–water partition coefficient (Wildman–Crippen LogP) is 3.62. The van der Waals surface area contributed by atoms with Gasteiger partial charge >= 0.3 is 0 Å². The van der Waals surface area contributed by atoms with Crippen molar-refractivity contribution >= 4 is 23.2 Å². The van der Waals surface area contributed by atoms with Crippen molar-refractivity contribution < 1.29 is 4.79 Å². The third-order valence-electron chi connectivity index (χ3n) is 3.01. The van der Waals surface area contributed by atoms with E-state index >= 15 is 0 Å². The van der Waals surface area contributed by atoms with Crippen LogP contribution in [0.4, 0.5) is 5.69 Å². The first-order valence-electron chi connectivity index (χ1n) is 6.27. The number of hydrogen-bond donors (Lipinski definition) is 1. The molecule has 0 radical (unpaired) electrons. The number of rotatable bonds is 2. The number of anilines is 1.